The molecular formula is C17H18N2O4. The number of hydrogen-bond acceptors (Lipinski definition) is 4. The smallest absolute Gasteiger partial charge is 0.320 e. The normalized spacial score (nSPS) is 11.5. The largest absolute Gasteiger partial charge is 0.480 e. The fourth-order valence-corrected chi connectivity index (χ4v) is 1.86. The Bertz CT molecular complexity index is 656. The number of amides is 1. The molecule has 0 bridgehead atoms. The summed E-state index contributed by atoms with van der Waals surface area (Å²) in [5.41, 5.74) is 5.97. The third-order valence-corrected chi connectivity index (χ3v) is 3.12. The summed E-state index contributed by atoms with van der Waals surface area (Å²) in [6, 6.07) is 15.3. The molecule has 4 N–H and O–H groups in total. The number of ether oxygens (including phenoxy) is 1. The Hall–Kier alpha value is -2.86. The predicted octanol–water partition coefficient (Wildman–Crippen LogP) is 2.61. The summed E-state index contributed by atoms with van der Waals surface area (Å²) in [7, 11) is 0. The van der Waals surface area contributed by atoms with Crippen LogP contribution in [-0.4, -0.2) is 23.0 Å². The molecule has 2 rings (SSSR count). The first-order valence-corrected chi connectivity index (χ1v) is 7.16. The minimum Gasteiger partial charge on any atom is -0.480 e. The van der Waals surface area contributed by atoms with Gasteiger partial charge in [-0.25, -0.2) is 0 Å². The van der Waals surface area contributed by atoms with Crippen molar-refractivity contribution in [2.75, 3.05) is 5.32 Å². The lowest BCUT2D eigenvalue weighted by atomic mass is 10.1. The second kappa shape index (κ2) is 7.95. The second-order valence-electron chi connectivity index (χ2n) is 4.97. The highest BCUT2D eigenvalue weighted by molar-refractivity contribution is 5.91. The average molecular weight is 314 g/mol. The molecule has 23 heavy (non-hydrogen) atoms. The zero-order valence-electron chi connectivity index (χ0n) is 12.4. The van der Waals surface area contributed by atoms with Crippen LogP contribution >= 0.6 is 0 Å². The highest BCUT2D eigenvalue weighted by Gasteiger charge is 2.13. The molecule has 0 radical (unpaired) electrons. The van der Waals surface area contributed by atoms with Crippen LogP contribution < -0.4 is 15.8 Å². The molecule has 0 heterocycles. The molecule has 6 heteroatoms. The Kier molecular flexibility index (Phi) is 5.71. The van der Waals surface area contributed by atoms with Gasteiger partial charge in [-0.2, -0.15) is 0 Å². The van der Waals surface area contributed by atoms with E-state index in [1.54, 1.807) is 24.3 Å². The van der Waals surface area contributed by atoms with Crippen molar-refractivity contribution in [3.63, 3.8) is 0 Å². The number of carboxylic acid groups (broad SMARTS) is 1. The highest BCUT2D eigenvalue weighted by atomic mass is 16.5. The molecule has 1 atom stereocenters. The molecule has 0 aliphatic rings. The molecule has 0 spiro atoms. The molecule has 120 valence electrons. The van der Waals surface area contributed by atoms with Crippen LogP contribution in [0.4, 0.5) is 5.69 Å². The monoisotopic (exact) mass is 314 g/mol. The van der Waals surface area contributed by atoms with E-state index >= 15 is 0 Å². The third kappa shape index (κ3) is 5.44. The molecule has 0 aliphatic heterocycles. The number of carbonyl (C=O) groups excluding carboxylic acids is 1. The lowest BCUT2D eigenvalue weighted by Crippen LogP contribution is -2.31. The van der Waals surface area contributed by atoms with Gasteiger partial charge in [-0.05, 0) is 42.8 Å². The predicted molar refractivity (Wildman–Crippen MR) is 86.4 cm³/mol. The first-order valence-electron chi connectivity index (χ1n) is 7.16. The van der Waals surface area contributed by atoms with Crippen LogP contribution in [0.2, 0.25) is 0 Å². The number of benzene rings is 2. The number of para-hydroxylation sites is 1. The number of nitrogens with two attached hydrogens (primary N) is 1. The van der Waals surface area contributed by atoms with Crippen molar-refractivity contribution in [1.29, 1.82) is 0 Å². The zero-order valence-corrected chi connectivity index (χ0v) is 12.4. The van der Waals surface area contributed by atoms with Gasteiger partial charge in [0.25, 0.3) is 0 Å². The number of hydrogen-bond donors (Lipinski definition) is 3. The van der Waals surface area contributed by atoms with Crippen LogP contribution in [-0.2, 0) is 9.59 Å². The minimum absolute atomic E-state index is 0.0513. The van der Waals surface area contributed by atoms with Gasteiger partial charge in [0.1, 0.15) is 17.5 Å². The summed E-state index contributed by atoms with van der Waals surface area (Å²) in [5.74, 6) is -0.00677. The van der Waals surface area contributed by atoms with Crippen molar-refractivity contribution < 1.29 is 19.4 Å². The number of anilines is 1. The minimum atomic E-state index is -1.11. The maximum Gasteiger partial charge on any atom is 0.320 e. The number of carboxylic acids is 1. The van der Waals surface area contributed by atoms with Gasteiger partial charge in [-0.1, -0.05) is 18.2 Å². The van der Waals surface area contributed by atoms with Crippen molar-refractivity contribution in [2.24, 2.45) is 5.73 Å². The SMILES string of the molecule is N[C@@H](CCC(=O)Nc1ccc(Oc2ccccc2)cc1)C(=O)O. The first kappa shape index (κ1) is 16.5. The van der Waals surface area contributed by atoms with Crippen molar-refractivity contribution in [3.8, 4) is 11.5 Å². The number of carbonyl (C=O) groups is 2. The van der Waals surface area contributed by atoms with Gasteiger partial charge in [0.2, 0.25) is 5.91 Å². The third-order valence-electron chi connectivity index (χ3n) is 3.12. The topological polar surface area (TPSA) is 102 Å². The first-order chi connectivity index (χ1) is 11.0. The lowest BCUT2D eigenvalue weighted by Gasteiger charge is -2.09. The van der Waals surface area contributed by atoms with E-state index in [2.05, 4.69) is 5.32 Å². The number of nitrogens with one attached hydrogen (secondary N) is 1. The van der Waals surface area contributed by atoms with Gasteiger partial charge in [0, 0.05) is 12.1 Å². The van der Waals surface area contributed by atoms with E-state index in [-0.39, 0.29) is 18.7 Å². The molecule has 2 aromatic carbocycles. The molecule has 0 saturated carbocycles. The van der Waals surface area contributed by atoms with E-state index < -0.39 is 12.0 Å². The van der Waals surface area contributed by atoms with Crippen molar-refractivity contribution >= 4 is 17.6 Å². The Morgan fingerprint density at radius 3 is 2.26 bits per heavy atom. The fourth-order valence-electron chi connectivity index (χ4n) is 1.86. The molecule has 0 fully saturated rings. The van der Waals surface area contributed by atoms with E-state index in [0.717, 1.165) is 5.75 Å². The van der Waals surface area contributed by atoms with E-state index in [9.17, 15) is 9.59 Å². The van der Waals surface area contributed by atoms with Gasteiger partial charge in [0.05, 0.1) is 0 Å². The highest BCUT2D eigenvalue weighted by Crippen LogP contribution is 2.22. The molecule has 6 nitrogen and oxygen atoms in total. The van der Waals surface area contributed by atoms with E-state index in [0.29, 0.717) is 11.4 Å². The maximum absolute atomic E-state index is 11.7. The Balaban J connectivity index is 1.85. The summed E-state index contributed by atoms with van der Waals surface area (Å²) < 4.78 is 5.65. The Morgan fingerprint density at radius 1 is 1.04 bits per heavy atom. The van der Waals surface area contributed by atoms with E-state index in [1.165, 1.54) is 0 Å². The number of rotatable bonds is 7. The van der Waals surface area contributed by atoms with Crippen LogP contribution in [0.5, 0.6) is 11.5 Å². The van der Waals surface area contributed by atoms with Crippen molar-refractivity contribution in [1.82, 2.24) is 0 Å². The van der Waals surface area contributed by atoms with Gasteiger partial charge in [-0.3, -0.25) is 9.59 Å². The number of aliphatic carboxylic acids is 1. The van der Waals surface area contributed by atoms with Crippen molar-refractivity contribution in [3.05, 3.63) is 54.6 Å². The molecule has 0 aliphatic carbocycles. The second-order valence-corrected chi connectivity index (χ2v) is 4.97. The quantitative estimate of drug-likeness (QED) is 0.729. The molecule has 2 aromatic rings. The fraction of sp³-hybridized carbons (Fsp3) is 0.176. The molecule has 0 saturated heterocycles. The lowest BCUT2D eigenvalue weighted by molar-refractivity contribution is -0.138. The Labute approximate surface area is 133 Å². The Morgan fingerprint density at radius 2 is 1.65 bits per heavy atom. The zero-order chi connectivity index (χ0) is 16.7. The molecule has 0 unspecified atom stereocenters. The van der Waals surface area contributed by atoms with Gasteiger partial charge in [-0.15, -0.1) is 0 Å². The van der Waals surface area contributed by atoms with Gasteiger partial charge >= 0.3 is 5.97 Å². The van der Waals surface area contributed by atoms with Crippen LogP contribution in [0.25, 0.3) is 0 Å². The van der Waals surface area contributed by atoms with Crippen LogP contribution in [0.15, 0.2) is 54.6 Å². The summed E-state index contributed by atoms with van der Waals surface area (Å²) >= 11 is 0. The van der Waals surface area contributed by atoms with Crippen LogP contribution in [0.3, 0.4) is 0 Å². The van der Waals surface area contributed by atoms with E-state index in [1.807, 2.05) is 30.3 Å². The average Bonchev–Trinajstić information content (AvgIpc) is 2.55. The van der Waals surface area contributed by atoms with Crippen LogP contribution in [0.1, 0.15) is 12.8 Å². The maximum atomic E-state index is 11.7. The van der Waals surface area contributed by atoms with Gasteiger partial charge in [0.15, 0.2) is 0 Å². The molecular weight excluding hydrogens is 296 g/mol. The van der Waals surface area contributed by atoms with Crippen LogP contribution in [0, 0.1) is 0 Å². The van der Waals surface area contributed by atoms with E-state index in [4.69, 9.17) is 15.6 Å². The standard InChI is InChI=1S/C17H18N2O4/c18-15(17(21)22)10-11-16(20)19-12-6-8-14(9-7-12)23-13-4-2-1-3-5-13/h1-9,15H,10-11,18H2,(H,19,20)(H,21,22)/t15-/m0/s1. The van der Waals surface area contributed by atoms with Crippen molar-refractivity contribution in [2.45, 2.75) is 18.9 Å². The molecule has 1 amide bonds. The molecule has 0 aromatic heterocycles. The summed E-state index contributed by atoms with van der Waals surface area (Å²) in [6.45, 7) is 0. The summed E-state index contributed by atoms with van der Waals surface area (Å²) in [5, 5.41) is 11.3. The van der Waals surface area contributed by atoms with Gasteiger partial charge < -0.3 is 20.9 Å². The summed E-state index contributed by atoms with van der Waals surface area (Å²) in [6.07, 6.45) is 0.145. The summed E-state index contributed by atoms with van der Waals surface area (Å²) in [4.78, 5) is 22.3.